The van der Waals surface area contributed by atoms with Gasteiger partial charge in [0.15, 0.2) is 11.6 Å². The normalized spacial score (nSPS) is 10.8. The number of halogens is 1. The summed E-state index contributed by atoms with van der Waals surface area (Å²) in [5, 5.41) is 3.07. The molecule has 3 rings (SSSR count). The minimum Gasteiger partial charge on any atom is -0.486 e. The highest BCUT2D eigenvalue weighted by Crippen LogP contribution is 2.31. The molecule has 0 saturated carbocycles. The van der Waals surface area contributed by atoms with Gasteiger partial charge >= 0.3 is 0 Å². The molecule has 0 radical (unpaired) electrons. The first-order chi connectivity index (χ1) is 9.25. The van der Waals surface area contributed by atoms with Gasteiger partial charge in [0.25, 0.3) is 0 Å². The number of para-hydroxylation sites is 1. The van der Waals surface area contributed by atoms with Crippen molar-refractivity contribution in [3.8, 4) is 5.75 Å². The van der Waals surface area contributed by atoms with Crippen molar-refractivity contribution in [3.63, 3.8) is 0 Å². The second kappa shape index (κ2) is 4.90. The van der Waals surface area contributed by atoms with Crippen molar-refractivity contribution < 1.29 is 9.13 Å². The number of ether oxygens (including phenoxy) is 1. The SMILES string of the molecule is Nc1cccc2c(COc3ccccc3F)csc12. The molecule has 0 amide bonds. The van der Waals surface area contributed by atoms with E-state index in [1.807, 2.05) is 23.6 Å². The van der Waals surface area contributed by atoms with E-state index < -0.39 is 0 Å². The molecule has 0 aliphatic heterocycles. The molecule has 0 saturated heterocycles. The topological polar surface area (TPSA) is 35.2 Å². The molecule has 0 bridgehead atoms. The molecule has 0 aliphatic rings. The number of anilines is 1. The first-order valence-electron chi connectivity index (χ1n) is 5.87. The Morgan fingerprint density at radius 2 is 1.95 bits per heavy atom. The molecule has 96 valence electrons. The highest BCUT2D eigenvalue weighted by atomic mass is 32.1. The third-order valence-corrected chi connectivity index (χ3v) is 4.02. The zero-order valence-electron chi connectivity index (χ0n) is 10.1. The maximum Gasteiger partial charge on any atom is 0.165 e. The van der Waals surface area contributed by atoms with Crippen LogP contribution in [0.4, 0.5) is 10.1 Å². The van der Waals surface area contributed by atoms with Crippen LogP contribution in [0.3, 0.4) is 0 Å². The molecule has 19 heavy (non-hydrogen) atoms. The van der Waals surface area contributed by atoms with Crippen LogP contribution in [0.25, 0.3) is 10.1 Å². The summed E-state index contributed by atoms with van der Waals surface area (Å²) in [6.07, 6.45) is 0. The Hall–Kier alpha value is -2.07. The van der Waals surface area contributed by atoms with Crippen LogP contribution < -0.4 is 10.5 Å². The zero-order chi connectivity index (χ0) is 13.2. The van der Waals surface area contributed by atoms with Gasteiger partial charge in [0.1, 0.15) is 6.61 Å². The molecule has 4 heteroatoms. The second-order valence-electron chi connectivity index (χ2n) is 4.20. The Morgan fingerprint density at radius 3 is 2.79 bits per heavy atom. The summed E-state index contributed by atoms with van der Waals surface area (Å²) >= 11 is 1.58. The van der Waals surface area contributed by atoms with Crippen LogP contribution >= 0.6 is 11.3 Å². The lowest BCUT2D eigenvalue weighted by Crippen LogP contribution is -1.96. The molecule has 0 atom stereocenters. The summed E-state index contributed by atoms with van der Waals surface area (Å²) in [5.41, 5.74) is 7.70. The molecule has 2 N–H and O–H groups in total. The Balaban J connectivity index is 1.87. The van der Waals surface area contributed by atoms with E-state index in [2.05, 4.69) is 0 Å². The van der Waals surface area contributed by atoms with Crippen molar-refractivity contribution in [2.75, 3.05) is 5.73 Å². The highest BCUT2D eigenvalue weighted by Gasteiger charge is 2.08. The van der Waals surface area contributed by atoms with Gasteiger partial charge < -0.3 is 10.5 Å². The average molecular weight is 273 g/mol. The van der Waals surface area contributed by atoms with Crippen molar-refractivity contribution in [3.05, 3.63) is 59.2 Å². The smallest absolute Gasteiger partial charge is 0.165 e. The van der Waals surface area contributed by atoms with Crippen LogP contribution in [0.1, 0.15) is 5.56 Å². The standard InChI is InChI=1S/C15H12FNOS/c16-12-5-1-2-7-14(12)18-8-10-9-19-15-11(10)4-3-6-13(15)17/h1-7,9H,8,17H2. The van der Waals surface area contributed by atoms with Gasteiger partial charge in [-0.1, -0.05) is 24.3 Å². The molecule has 0 fully saturated rings. The summed E-state index contributed by atoms with van der Waals surface area (Å²) in [7, 11) is 0. The lowest BCUT2D eigenvalue weighted by atomic mass is 10.2. The number of fused-ring (bicyclic) bond motifs is 1. The van der Waals surface area contributed by atoms with E-state index in [1.54, 1.807) is 29.5 Å². The highest BCUT2D eigenvalue weighted by molar-refractivity contribution is 7.18. The maximum atomic E-state index is 13.5. The van der Waals surface area contributed by atoms with Crippen molar-refractivity contribution in [1.82, 2.24) is 0 Å². The monoisotopic (exact) mass is 273 g/mol. The zero-order valence-corrected chi connectivity index (χ0v) is 10.9. The Bertz CT molecular complexity index is 723. The number of hydrogen-bond acceptors (Lipinski definition) is 3. The molecular formula is C15H12FNOS. The molecule has 1 heterocycles. The first-order valence-corrected chi connectivity index (χ1v) is 6.75. The first kappa shape index (κ1) is 12.0. The summed E-state index contributed by atoms with van der Waals surface area (Å²) in [6.45, 7) is 0.338. The van der Waals surface area contributed by atoms with E-state index in [9.17, 15) is 4.39 Å². The van der Waals surface area contributed by atoms with Gasteiger partial charge in [0.05, 0.1) is 4.70 Å². The average Bonchev–Trinajstić information content (AvgIpc) is 2.83. The predicted molar refractivity (Wildman–Crippen MR) is 77.0 cm³/mol. The van der Waals surface area contributed by atoms with Gasteiger partial charge in [0.2, 0.25) is 0 Å². The fourth-order valence-electron chi connectivity index (χ4n) is 1.96. The quantitative estimate of drug-likeness (QED) is 0.726. The maximum absolute atomic E-state index is 13.5. The largest absolute Gasteiger partial charge is 0.486 e. The van der Waals surface area contributed by atoms with E-state index in [0.29, 0.717) is 6.61 Å². The van der Waals surface area contributed by atoms with E-state index in [1.165, 1.54) is 6.07 Å². The van der Waals surface area contributed by atoms with Gasteiger partial charge in [-0.25, -0.2) is 4.39 Å². The van der Waals surface area contributed by atoms with E-state index in [-0.39, 0.29) is 11.6 Å². The molecular weight excluding hydrogens is 261 g/mol. The summed E-state index contributed by atoms with van der Waals surface area (Å²) < 4.78 is 20.0. The second-order valence-corrected chi connectivity index (χ2v) is 5.08. The van der Waals surface area contributed by atoms with Crippen molar-refractivity contribution in [1.29, 1.82) is 0 Å². The van der Waals surface area contributed by atoms with Gasteiger partial charge in [-0.3, -0.25) is 0 Å². The van der Waals surface area contributed by atoms with E-state index >= 15 is 0 Å². The number of thiophene rings is 1. The number of hydrogen-bond donors (Lipinski definition) is 1. The molecule has 0 aliphatic carbocycles. The summed E-state index contributed by atoms with van der Waals surface area (Å²) in [4.78, 5) is 0. The van der Waals surface area contributed by atoms with Crippen molar-refractivity contribution in [2.45, 2.75) is 6.61 Å². The molecule has 0 unspecified atom stereocenters. The van der Waals surface area contributed by atoms with Crippen LogP contribution in [-0.4, -0.2) is 0 Å². The minimum atomic E-state index is -0.346. The summed E-state index contributed by atoms with van der Waals surface area (Å²) in [5.74, 6) is -0.0766. The van der Waals surface area contributed by atoms with Crippen LogP contribution in [0, 0.1) is 5.82 Å². The number of rotatable bonds is 3. The minimum absolute atomic E-state index is 0.269. The Labute approximate surface area is 114 Å². The lowest BCUT2D eigenvalue weighted by Gasteiger charge is -2.06. The number of benzene rings is 2. The molecule has 3 aromatic rings. The predicted octanol–water partition coefficient (Wildman–Crippen LogP) is 4.20. The lowest BCUT2D eigenvalue weighted by molar-refractivity contribution is 0.292. The van der Waals surface area contributed by atoms with Crippen molar-refractivity contribution >= 4 is 27.1 Å². The molecule has 0 spiro atoms. The molecule has 2 nitrogen and oxygen atoms in total. The van der Waals surface area contributed by atoms with Crippen LogP contribution in [0.15, 0.2) is 47.8 Å². The molecule has 2 aromatic carbocycles. The summed E-state index contributed by atoms with van der Waals surface area (Å²) in [6, 6.07) is 12.2. The van der Waals surface area contributed by atoms with Gasteiger partial charge in [-0.15, -0.1) is 11.3 Å². The van der Waals surface area contributed by atoms with Gasteiger partial charge in [-0.2, -0.15) is 0 Å². The van der Waals surface area contributed by atoms with Gasteiger partial charge in [0, 0.05) is 16.6 Å². The van der Waals surface area contributed by atoms with Crippen LogP contribution in [0.5, 0.6) is 5.75 Å². The van der Waals surface area contributed by atoms with Crippen molar-refractivity contribution in [2.24, 2.45) is 0 Å². The molecule has 1 aromatic heterocycles. The number of nitrogen functional groups attached to an aromatic ring is 1. The third kappa shape index (κ3) is 2.27. The van der Waals surface area contributed by atoms with E-state index in [0.717, 1.165) is 21.3 Å². The Morgan fingerprint density at radius 1 is 1.11 bits per heavy atom. The van der Waals surface area contributed by atoms with E-state index in [4.69, 9.17) is 10.5 Å². The third-order valence-electron chi connectivity index (χ3n) is 2.93. The van der Waals surface area contributed by atoms with Crippen LogP contribution in [-0.2, 0) is 6.61 Å². The fraction of sp³-hybridized carbons (Fsp3) is 0.0667. The number of nitrogens with two attached hydrogens (primary N) is 1. The van der Waals surface area contributed by atoms with Crippen LogP contribution in [0.2, 0.25) is 0 Å². The van der Waals surface area contributed by atoms with Gasteiger partial charge in [-0.05, 0) is 23.6 Å². The Kier molecular flexibility index (Phi) is 3.09. The fourth-order valence-corrected chi connectivity index (χ4v) is 2.95.